The molecule has 0 heteroatoms. The molecule has 0 aliphatic heterocycles. The number of hydrogen-bond donors (Lipinski definition) is 0. The van der Waals surface area contributed by atoms with Gasteiger partial charge in [-0.2, -0.15) is 0 Å². The van der Waals surface area contributed by atoms with E-state index in [2.05, 4.69) is 19.9 Å². The van der Waals surface area contributed by atoms with E-state index in [4.69, 9.17) is 0 Å². The van der Waals surface area contributed by atoms with Crippen LogP contribution in [0.2, 0.25) is 0 Å². The highest BCUT2D eigenvalue weighted by molar-refractivity contribution is 5.09. The van der Waals surface area contributed by atoms with Crippen molar-refractivity contribution >= 4 is 0 Å². The summed E-state index contributed by atoms with van der Waals surface area (Å²) in [6.07, 6.45) is 9.28. The minimum absolute atomic E-state index is 0.895. The van der Waals surface area contributed by atoms with Crippen LogP contribution in [0.25, 0.3) is 0 Å². The number of hydrogen-bond acceptors (Lipinski definition) is 0. The Hall–Kier alpha value is -0.260. The second-order valence-electron chi connectivity index (χ2n) is 3.36. The van der Waals surface area contributed by atoms with Crippen LogP contribution in [0.4, 0.5) is 0 Å². The van der Waals surface area contributed by atoms with Gasteiger partial charge in [0.2, 0.25) is 0 Å². The monoisotopic (exact) mass is 138 g/mol. The minimum atomic E-state index is 0.895. The summed E-state index contributed by atoms with van der Waals surface area (Å²) in [6, 6.07) is 0. The Morgan fingerprint density at radius 3 is 2.90 bits per heavy atom. The summed E-state index contributed by atoms with van der Waals surface area (Å²) in [7, 11) is 0. The van der Waals surface area contributed by atoms with Crippen molar-refractivity contribution in [1.29, 1.82) is 0 Å². The first-order chi connectivity index (χ1) is 4.84. The molecule has 0 aromatic heterocycles. The normalized spacial score (nSPS) is 29.8. The maximum Gasteiger partial charge on any atom is -0.0232 e. The molecule has 0 aromatic carbocycles. The molecule has 0 amide bonds. The van der Waals surface area contributed by atoms with Crippen LogP contribution in [0, 0.1) is 5.92 Å². The predicted octanol–water partition coefficient (Wildman–Crippen LogP) is 3.53. The van der Waals surface area contributed by atoms with Gasteiger partial charge in [0.05, 0.1) is 0 Å². The maximum atomic E-state index is 2.46. The van der Waals surface area contributed by atoms with Crippen molar-refractivity contribution in [2.75, 3.05) is 0 Å². The van der Waals surface area contributed by atoms with Crippen LogP contribution in [0.15, 0.2) is 11.6 Å². The van der Waals surface area contributed by atoms with E-state index < -0.39 is 0 Å². The number of unbranched alkanes of at least 4 members (excludes halogenated alkanes) is 1. The van der Waals surface area contributed by atoms with Crippen LogP contribution >= 0.6 is 0 Å². The van der Waals surface area contributed by atoms with E-state index in [0.29, 0.717) is 0 Å². The average molecular weight is 138 g/mol. The van der Waals surface area contributed by atoms with Crippen molar-refractivity contribution in [1.82, 2.24) is 0 Å². The molecule has 0 spiro atoms. The van der Waals surface area contributed by atoms with Gasteiger partial charge >= 0.3 is 0 Å². The number of allylic oxidation sites excluding steroid dienone is 2. The highest BCUT2D eigenvalue weighted by atomic mass is 14.2. The minimum Gasteiger partial charge on any atom is -0.0851 e. The van der Waals surface area contributed by atoms with E-state index >= 15 is 0 Å². The van der Waals surface area contributed by atoms with Gasteiger partial charge in [0.25, 0.3) is 0 Å². The van der Waals surface area contributed by atoms with Crippen LogP contribution in [0.5, 0.6) is 0 Å². The second kappa shape index (κ2) is 3.80. The summed E-state index contributed by atoms with van der Waals surface area (Å²) in [4.78, 5) is 0. The second-order valence-corrected chi connectivity index (χ2v) is 3.36. The van der Waals surface area contributed by atoms with Gasteiger partial charge < -0.3 is 0 Å². The summed E-state index contributed by atoms with van der Waals surface area (Å²) in [5.41, 5.74) is 1.72. The molecule has 0 radical (unpaired) electrons. The molecule has 58 valence electrons. The van der Waals surface area contributed by atoms with Crippen molar-refractivity contribution < 1.29 is 0 Å². The fraction of sp³-hybridized carbons (Fsp3) is 0.800. The zero-order valence-electron chi connectivity index (χ0n) is 7.19. The molecule has 1 fully saturated rings. The average Bonchev–Trinajstić information content (AvgIpc) is 2.31. The molecule has 0 saturated heterocycles. The van der Waals surface area contributed by atoms with E-state index in [-0.39, 0.29) is 0 Å². The summed E-state index contributed by atoms with van der Waals surface area (Å²) < 4.78 is 0. The molecule has 1 atom stereocenters. The van der Waals surface area contributed by atoms with Crippen molar-refractivity contribution in [2.24, 2.45) is 5.92 Å². The Bertz CT molecular complexity index is 122. The van der Waals surface area contributed by atoms with Gasteiger partial charge in [-0.25, -0.2) is 0 Å². The quantitative estimate of drug-likeness (QED) is 0.512. The molecule has 1 aliphatic rings. The SMILES string of the molecule is CCCC=C1CCC[C@H]1C. The lowest BCUT2D eigenvalue weighted by atomic mass is 10.0. The third kappa shape index (κ3) is 1.86. The molecule has 1 aliphatic carbocycles. The van der Waals surface area contributed by atoms with Gasteiger partial charge in [-0.1, -0.05) is 31.9 Å². The van der Waals surface area contributed by atoms with Gasteiger partial charge in [0.15, 0.2) is 0 Å². The van der Waals surface area contributed by atoms with Crippen molar-refractivity contribution in [2.45, 2.75) is 46.0 Å². The van der Waals surface area contributed by atoms with Gasteiger partial charge in [0, 0.05) is 0 Å². The van der Waals surface area contributed by atoms with E-state index in [9.17, 15) is 0 Å². The molecule has 0 heterocycles. The zero-order chi connectivity index (χ0) is 7.40. The number of rotatable bonds is 2. The molecule has 1 rings (SSSR count). The highest BCUT2D eigenvalue weighted by Gasteiger charge is 2.14. The first-order valence-corrected chi connectivity index (χ1v) is 4.53. The highest BCUT2D eigenvalue weighted by Crippen LogP contribution is 2.30. The Labute approximate surface area is 64.3 Å². The van der Waals surface area contributed by atoms with Crippen molar-refractivity contribution in [3.8, 4) is 0 Å². The predicted molar refractivity (Wildman–Crippen MR) is 46.0 cm³/mol. The molecule has 10 heavy (non-hydrogen) atoms. The lowest BCUT2D eigenvalue weighted by Crippen LogP contribution is -1.87. The van der Waals surface area contributed by atoms with E-state index in [1.165, 1.54) is 32.1 Å². The van der Waals surface area contributed by atoms with Gasteiger partial charge in [-0.3, -0.25) is 0 Å². The van der Waals surface area contributed by atoms with Crippen molar-refractivity contribution in [3.63, 3.8) is 0 Å². The molecule has 0 nitrogen and oxygen atoms in total. The van der Waals surface area contributed by atoms with E-state index in [0.717, 1.165) is 5.92 Å². The van der Waals surface area contributed by atoms with E-state index in [1.54, 1.807) is 5.57 Å². The molecule has 0 unspecified atom stereocenters. The fourth-order valence-electron chi connectivity index (χ4n) is 1.68. The van der Waals surface area contributed by atoms with Crippen LogP contribution in [0.1, 0.15) is 46.0 Å². The third-order valence-electron chi connectivity index (χ3n) is 2.43. The van der Waals surface area contributed by atoms with E-state index in [1.807, 2.05) is 0 Å². The lowest BCUT2D eigenvalue weighted by molar-refractivity contribution is 0.692. The molecule has 0 aromatic rings. The first kappa shape index (κ1) is 7.84. The summed E-state index contributed by atoms with van der Waals surface area (Å²) in [5, 5.41) is 0. The topological polar surface area (TPSA) is 0 Å². The zero-order valence-corrected chi connectivity index (χ0v) is 7.19. The third-order valence-corrected chi connectivity index (χ3v) is 2.43. The van der Waals surface area contributed by atoms with Gasteiger partial charge in [0.1, 0.15) is 0 Å². The van der Waals surface area contributed by atoms with Gasteiger partial charge in [-0.05, 0) is 31.6 Å². The van der Waals surface area contributed by atoms with Gasteiger partial charge in [-0.15, -0.1) is 0 Å². The van der Waals surface area contributed by atoms with Crippen LogP contribution in [0.3, 0.4) is 0 Å². The van der Waals surface area contributed by atoms with Crippen LogP contribution in [-0.2, 0) is 0 Å². The Morgan fingerprint density at radius 2 is 2.40 bits per heavy atom. The first-order valence-electron chi connectivity index (χ1n) is 4.53. The van der Waals surface area contributed by atoms with Crippen LogP contribution in [-0.4, -0.2) is 0 Å². The summed E-state index contributed by atoms with van der Waals surface area (Å²) >= 11 is 0. The maximum absolute atomic E-state index is 2.46. The molecule has 0 bridgehead atoms. The summed E-state index contributed by atoms with van der Waals surface area (Å²) in [6.45, 7) is 4.60. The standard InChI is InChI=1S/C10H18/c1-3-4-7-10-8-5-6-9(10)2/h7,9H,3-6,8H2,1-2H3/t9-/m1/s1. The largest absolute Gasteiger partial charge is 0.0851 e. The fourth-order valence-corrected chi connectivity index (χ4v) is 1.68. The molecule has 1 saturated carbocycles. The molecule has 0 N–H and O–H groups in total. The van der Waals surface area contributed by atoms with Crippen molar-refractivity contribution in [3.05, 3.63) is 11.6 Å². The smallest absolute Gasteiger partial charge is 0.0232 e. The van der Waals surface area contributed by atoms with Crippen LogP contribution < -0.4 is 0 Å². The molecular weight excluding hydrogens is 120 g/mol. The lowest BCUT2D eigenvalue weighted by Gasteiger charge is -2.02. The Kier molecular flexibility index (Phi) is 2.98. The Balaban J connectivity index is 2.38. The Morgan fingerprint density at radius 1 is 1.60 bits per heavy atom. The molecular formula is C10H18. The summed E-state index contributed by atoms with van der Waals surface area (Å²) in [5.74, 6) is 0.895.